The molecule has 0 unspecified atom stereocenters. The summed E-state index contributed by atoms with van der Waals surface area (Å²) in [5, 5.41) is 8.48. The van der Waals surface area contributed by atoms with E-state index in [1.54, 1.807) is 11.3 Å². The molecule has 2 fully saturated rings. The molecule has 1 spiro atoms. The summed E-state index contributed by atoms with van der Waals surface area (Å²) in [5.41, 5.74) is 0.352. The molecule has 2 aliphatic rings. The third kappa shape index (κ3) is 2.24. The van der Waals surface area contributed by atoms with E-state index in [2.05, 4.69) is 16.7 Å². The molecule has 1 atom stereocenters. The molecule has 1 aromatic heterocycles. The molecular formula is C13H18N2OS. The molecule has 2 heterocycles. The second kappa shape index (κ2) is 4.42. The number of carbonyl (C=O) groups excluding carboxylic acids is 1. The smallest absolute Gasteiger partial charge is 0.223 e. The Balaban J connectivity index is 1.51. The van der Waals surface area contributed by atoms with Crippen molar-refractivity contribution in [2.45, 2.75) is 25.8 Å². The summed E-state index contributed by atoms with van der Waals surface area (Å²) in [6, 6.07) is 4.09. The molecule has 17 heavy (non-hydrogen) atoms. The number of carbonyl (C=O) groups is 1. The first kappa shape index (κ1) is 11.2. The van der Waals surface area contributed by atoms with Crippen molar-refractivity contribution in [2.75, 3.05) is 13.1 Å². The van der Waals surface area contributed by atoms with E-state index in [4.69, 9.17) is 0 Å². The normalized spacial score (nSPS) is 25.8. The Morgan fingerprint density at radius 3 is 3.06 bits per heavy atom. The van der Waals surface area contributed by atoms with Crippen molar-refractivity contribution in [1.82, 2.24) is 10.6 Å². The summed E-state index contributed by atoms with van der Waals surface area (Å²) in [5.74, 6) is 0.546. The lowest BCUT2D eigenvalue weighted by Gasteiger charge is -2.23. The Bertz CT molecular complexity index is 396. The van der Waals surface area contributed by atoms with Crippen LogP contribution in [0.2, 0.25) is 0 Å². The minimum absolute atomic E-state index is 0.264. The summed E-state index contributed by atoms with van der Waals surface area (Å²) in [7, 11) is 0. The van der Waals surface area contributed by atoms with Crippen molar-refractivity contribution < 1.29 is 4.79 Å². The maximum Gasteiger partial charge on any atom is 0.223 e. The van der Waals surface area contributed by atoms with Gasteiger partial charge in [0.15, 0.2) is 0 Å². The fourth-order valence-corrected chi connectivity index (χ4v) is 3.55. The first-order valence-electron chi connectivity index (χ1n) is 6.31. The fraction of sp³-hybridized carbons (Fsp3) is 0.615. The maximum atomic E-state index is 12.0. The van der Waals surface area contributed by atoms with Crippen molar-refractivity contribution in [2.24, 2.45) is 11.3 Å². The van der Waals surface area contributed by atoms with Crippen molar-refractivity contribution in [3.8, 4) is 0 Å². The molecule has 1 aliphatic carbocycles. The first-order valence-corrected chi connectivity index (χ1v) is 7.19. The minimum atomic E-state index is 0.264. The van der Waals surface area contributed by atoms with Crippen LogP contribution < -0.4 is 10.6 Å². The highest BCUT2D eigenvalue weighted by atomic mass is 32.1. The van der Waals surface area contributed by atoms with Crippen LogP contribution in [0.4, 0.5) is 0 Å². The largest absolute Gasteiger partial charge is 0.351 e. The van der Waals surface area contributed by atoms with E-state index in [9.17, 15) is 4.79 Å². The zero-order valence-electron chi connectivity index (χ0n) is 9.87. The van der Waals surface area contributed by atoms with Crippen molar-refractivity contribution >= 4 is 17.2 Å². The predicted molar refractivity (Wildman–Crippen MR) is 68.8 cm³/mol. The summed E-state index contributed by atoms with van der Waals surface area (Å²) in [4.78, 5) is 13.3. The second-order valence-electron chi connectivity index (χ2n) is 5.17. The summed E-state index contributed by atoms with van der Waals surface area (Å²) >= 11 is 1.70. The monoisotopic (exact) mass is 250 g/mol. The highest BCUT2D eigenvalue weighted by Crippen LogP contribution is 2.58. The van der Waals surface area contributed by atoms with Gasteiger partial charge in [0.25, 0.3) is 0 Å². The Hall–Kier alpha value is -0.870. The number of piperidine rings is 1. The van der Waals surface area contributed by atoms with Gasteiger partial charge in [0.2, 0.25) is 5.91 Å². The number of nitrogens with one attached hydrogen (secondary N) is 2. The Morgan fingerprint density at radius 1 is 1.53 bits per heavy atom. The predicted octanol–water partition coefficient (Wildman–Crippen LogP) is 1.75. The lowest BCUT2D eigenvalue weighted by molar-refractivity contribution is -0.123. The number of hydrogen-bond acceptors (Lipinski definition) is 3. The molecule has 92 valence electrons. The average molecular weight is 250 g/mol. The summed E-state index contributed by atoms with van der Waals surface area (Å²) < 4.78 is 0. The van der Waals surface area contributed by atoms with Gasteiger partial charge in [-0.1, -0.05) is 6.07 Å². The van der Waals surface area contributed by atoms with Crippen LogP contribution in [-0.2, 0) is 11.3 Å². The second-order valence-corrected chi connectivity index (χ2v) is 6.20. The standard InChI is InChI=1S/C13H18N2OS/c16-12(15-9-10-2-1-7-17-10)11-8-13(11)3-5-14-6-4-13/h1-2,7,11,14H,3-6,8-9H2,(H,15,16)/t11-/m0/s1. The molecule has 2 N–H and O–H groups in total. The van der Waals surface area contributed by atoms with Gasteiger partial charge in [0, 0.05) is 10.8 Å². The molecule has 1 aromatic rings. The van der Waals surface area contributed by atoms with E-state index in [0.717, 1.165) is 19.5 Å². The summed E-state index contributed by atoms with van der Waals surface area (Å²) in [6.07, 6.45) is 3.44. The van der Waals surface area contributed by atoms with Gasteiger partial charge >= 0.3 is 0 Å². The molecule has 4 heteroatoms. The highest BCUT2D eigenvalue weighted by molar-refractivity contribution is 7.09. The summed E-state index contributed by atoms with van der Waals surface area (Å²) in [6.45, 7) is 2.85. The SMILES string of the molecule is O=C(NCc1cccs1)[C@@H]1CC12CCNCC2. The van der Waals surface area contributed by atoms with E-state index < -0.39 is 0 Å². The molecule has 0 aromatic carbocycles. The van der Waals surface area contributed by atoms with E-state index in [-0.39, 0.29) is 11.8 Å². The van der Waals surface area contributed by atoms with Gasteiger partial charge in [-0.15, -0.1) is 11.3 Å². The van der Waals surface area contributed by atoms with E-state index >= 15 is 0 Å². The Kier molecular flexibility index (Phi) is 2.92. The van der Waals surface area contributed by atoms with Gasteiger partial charge in [0.05, 0.1) is 6.54 Å². The highest BCUT2D eigenvalue weighted by Gasteiger charge is 2.57. The van der Waals surface area contributed by atoms with Crippen LogP contribution in [0.5, 0.6) is 0 Å². The minimum Gasteiger partial charge on any atom is -0.351 e. The van der Waals surface area contributed by atoms with Crippen LogP contribution in [0.15, 0.2) is 17.5 Å². The van der Waals surface area contributed by atoms with E-state index in [0.29, 0.717) is 12.0 Å². The molecular weight excluding hydrogens is 232 g/mol. The molecule has 1 saturated heterocycles. The zero-order chi connectivity index (χ0) is 11.7. The zero-order valence-corrected chi connectivity index (χ0v) is 10.7. The van der Waals surface area contributed by atoms with Gasteiger partial charge in [-0.05, 0) is 49.2 Å². The van der Waals surface area contributed by atoms with Crippen LogP contribution >= 0.6 is 11.3 Å². The molecule has 1 aliphatic heterocycles. The third-order valence-electron chi connectivity index (χ3n) is 4.12. The third-order valence-corrected chi connectivity index (χ3v) is 5.00. The van der Waals surface area contributed by atoms with Crippen LogP contribution in [0.25, 0.3) is 0 Å². The maximum absolute atomic E-state index is 12.0. The molecule has 3 nitrogen and oxygen atoms in total. The van der Waals surface area contributed by atoms with Crippen molar-refractivity contribution in [3.63, 3.8) is 0 Å². The first-order chi connectivity index (χ1) is 8.30. The van der Waals surface area contributed by atoms with Gasteiger partial charge in [-0.2, -0.15) is 0 Å². The van der Waals surface area contributed by atoms with Gasteiger partial charge < -0.3 is 10.6 Å². The van der Waals surface area contributed by atoms with Crippen LogP contribution in [0.1, 0.15) is 24.1 Å². The number of rotatable bonds is 3. The van der Waals surface area contributed by atoms with Crippen LogP contribution in [0, 0.1) is 11.3 Å². The van der Waals surface area contributed by atoms with Crippen molar-refractivity contribution in [1.29, 1.82) is 0 Å². The van der Waals surface area contributed by atoms with E-state index in [1.807, 2.05) is 11.4 Å². The van der Waals surface area contributed by atoms with Crippen molar-refractivity contribution in [3.05, 3.63) is 22.4 Å². The average Bonchev–Trinajstić information content (AvgIpc) is 2.82. The molecule has 0 radical (unpaired) electrons. The lowest BCUT2D eigenvalue weighted by atomic mass is 9.92. The molecule has 1 amide bonds. The number of hydrogen-bond donors (Lipinski definition) is 2. The quantitative estimate of drug-likeness (QED) is 0.858. The van der Waals surface area contributed by atoms with Crippen LogP contribution in [0.3, 0.4) is 0 Å². The molecule has 0 bridgehead atoms. The Morgan fingerprint density at radius 2 is 2.35 bits per heavy atom. The number of thiophene rings is 1. The molecule has 3 rings (SSSR count). The van der Waals surface area contributed by atoms with Gasteiger partial charge in [-0.25, -0.2) is 0 Å². The Labute approximate surface area is 106 Å². The number of amides is 1. The van der Waals surface area contributed by atoms with Gasteiger partial charge in [0.1, 0.15) is 0 Å². The van der Waals surface area contributed by atoms with Crippen LogP contribution in [-0.4, -0.2) is 19.0 Å². The van der Waals surface area contributed by atoms with Gasteiger partial charge in [-0.3, -0.25) is 4.79 Å². The van der Waals surface area contributed by atoms with E-state index in [1.165, 1.54) is 17.7 Å². The topological polar surface area (TPSA) is 41.1 Å². The fourth-order valence-electron chi connectivity index (χ4n) is 2.91. The lowest BCUT2D eigenvalue weighted by Crippen LogP contribution is -2.33. The molecule has 1 saturated carbocycles.